The molecule has 0 unspecified atom stereocenters. The summed E-state index contributed by atoms with van der Waals surface area (Å²) in [7, 11) is -3.16. The van der Waals surface area contributed by atoms with Crippen LogP contribution < -0.4 is 10.6 Å². The number of amides is 2. The molecule has 0 aromatic heterocycles. The summed E-state index contributed by atoms with van der Waals surface area (Å²) < 4.78 is 38.0. The zero-order valence-electron chi connectivity index (χ0n) is 16.1. The van der Waals surface area contributed by atoms with Crippen LogP contribution in [-0.2, 0) is 16.4 Å². The number of nitrogens with zero attached hydrogens (tertiary/aromatic N) is 2. The Labute approximate surface area is 179 Å². The molecule has 160 valence electrons. The molecular weight excluding hydrogens is 433 g/mol. The van der Waals surface area contributed by atoms with E-state index in [0.717, 1.165) is 6.07 Å². The number of anilines is 1. The largest absolute Gasteiger partial charge is 0.324 e. The van der Waals surface area contributed by atoms with Crippen LogP contribution in [0.1, 0.15) is 15.9 Å². The van der Waals surface area contributed by atoms with Crippen molar-refractivity contribution in [3.63, 3.8) is 0 Å². The lowest BCUT2D eigenvalue weighted by Gasteiger charge is -2.33. The molecule has 1 fully saturated rings. The first-order valence-corrected chi connectivity index (χ1v) is 11.4. The molecule has 1 aliphatic heterocycles. The predicted molar refractivity (Wildman–Crippen MR) is 113 cm³/mol. The highest BCUT2D eigenvalue weighted by Gasteiger charge is 2.29. The minimum absolute atomic E-state index is 0.0671. The average Bonchev–Trinajstić information content (AvgIpc) is 2.72. The van der Waals surface area contributed by atoms with Gasteiger partial charge in [0.25, 0.3) is 0 Å². The average molecular weight is 454 g/mol. The molecular formula is C20H21ClFN3O4S. The van der Waals surface area contributed by atoms with Gasteiger partial charge in [0.05, 0.1) is 24.6 Å². The lowest BCUT2D eigenvalue weighted by molar-refractivity contribution is 0.100. The zero-order valence-corrected chi connectivity index (χ0v) is 17.6. The summed E-state index contributed by atoms with van der Waals surface area (Å²) in [4.78, 5) is 27.6. The molecule has 0 radical (unpaired) electrons. The van der Waals surface area contributed by atoms with E-state index in [1.165, 1.54) is 21.9 Å². The Morgan fingerprint density at radius 3 is 2.30 bits per heavy atom. The first-order chi connectivity index (χ1) is 14.2. The van der Waals surface area contributed by atoms with E-state index in [1.807, 2.05) is 0 Å². The first kappa shape index (κ1) is 22.2. The minimum atomic E-state index is -3.16. The van der Waals surface area contributed by atoms with Gasteiger partial charge in [-0.25, -0.2) is 17.6 Å². The molecule has 7 nitrogen and oxygen atoms in total. The molecule has 2 N–H and O–H groups in total. The number of hydrogen-bond donors (Lipinski definition) is 1. The topological polar surface area (TPSA) is 101 Å². The molecule has 0 aliphatic carbocycles. The van der Waals surface area contributed by atoms with Crippen LogP contribution in [-0.4, -0.2) is 56.3 Å². The highest BCUT2D eigenvalue weighted by molar-refractivity contribution is 7.91. The molecule has 0 spiro atoms. The van der Waals surface area contributed by atoms with E-state index in [1.54, 1.807) is 24.3 Å². The molecule has 2 amide bonds. The number of carbonyl (C=O) groups excluding carboxylic acids is 2. The van der Waals surface area contributed by atoms with Crippen LogP contribution >= 0.6 is 11.6 Å². The lowest BCUT2D eigenvalue weighted by atomic mass is 10.1. The Morgan fingerprint density at radius 2 is 1.73 bits per heavy atom. The number of hydrogen-bond acceptors (Lipinski definition) is 5. The summed E-state index contributed by atoms with van der Waals surface area (Å²) in [6.07, 6.45) is 0. The maximum atomic E-state index is 14.6. The van der Waals surface area contributed by atoms with Gasteiger partial charge in [-0.2, -0.15) is 0 Å². The fraction of sp³-hybridized carbons (Fsp3) is 0.300. The Bertz CT molecular complexity index is 1050. The SMILES string of the molecule is NCC(=O)c1ccc(CN(C(=O)N2CCS(=O)(=O)CC2)c2ccc(Cl)cc2)c(F)c1. The second kappa shape index (κ2) is 9.11. The molecule has 1 saturated heterocycles. The highest BCUT2D eigenvalue weighted by Crippen LogP contribution is 2.24. The summed E-state index contributed by atoms with van der Waals surface area (Å²) in [5.74, 6) is -1.25. The highest BCUT2D eigenvalue weighted by atomic mass is 35.5. The monoisotopic (exact) mass is 453 g/mol. The third-order valence-corrected chi connectivity index (χ3v) is 6.73. The van der Waals surface area contributed by atoms with Gasteiger partial charge in [0.2, 0.25) is 0 Å². The Balaban J connectivity index is 1.89. The number of benzene rings is 2. The number of halogens is 2. The van der Waals surface area contributed by atoms with Crippen molar-refractivity contribution >= 4 is 38.9 Å². The molecule has 1 heterocycles. The summed E-state index contributed by atoms with van der Waals surface area (Å²) in [6.45, 7) is -0.200. The molecule has 30 heavy (non-hydrogen) atoms. The predicted octanol–water partition coefficient (Wildman–Crippen LogP) is 2.48. The van der Waals surface area contributed by atoms with Gasteiger partial charge in [-0.1, -0.05) is 23.7 Å². The number of ketones is 1. The van der Waals surface area contributed by atoms with Gasteiger partial charge in [-0.05, 0) is 30.3 Å². The van der Waals surface area contributed by atoms with E-state index in [2.05, 4.69) is 0 Å². The number of nitrogens with two attached hydrogens (primary N) is 1. The minimum Gasteiger partial charge on any atom is -0.324 e. The van der Waals surface area contributed by atoms with E-state index < -0.39 is 21.7 Å². The first-order valence-electron chi connectivity index (χ1n) is 9.24. The van der Waals surface area contributed by atoms with E-state index in [0.29, 0.717) is 10.7 Å². The molecule has 0 atom stereocenters. The maximum Gasteiger partial charge on any atom is 0.324 e. The van der Waals surface area contributed by atoms with Crippen molar-refractivity contribution in [2.45, 2.75) is 6.54 Å². The van der Waals surface area contributed by atoms with Crippen LogP contribution in [0.25, 0.3) is 0 Å². The van der Waals surface area contributed by atoms with Gasteiger partial charge >= 0.3 is 6.03 Å². The van der Waals surface area contributed by atoms with Gasteiger partial charge in [0.1, 0.15) is 5.82 Å². The molecule has 0 bridgehead atoms. The van der Waals surface area contributed by atoms with Crippen LogP contribution in [0, 0.1) is 5.82 Å². The van der Waals surface area contributed by atoms with Crippen molar-refractivity contribution in [1.82, 2.24) is 4.90 Å². The van der Waals surface area contributed by atoms with Crippen LogP contribution in [0.15, 0.2) is 42.5 Å². The maximum absolute atomic E-state index is 14.6. The molecule has 1 aliphatic rings. The van der Waals surface area contributed by atoms with Crippen molar-refractivity contribution in [2.24, 2.45) is 5.73 Å². The zero-order chi connectivity index (χ0) is 21.9. The van der Waals surface area contributed by atoms with E-state index >= 15 is 0 Å². The summed E-state index contributed by atoms with van der Waals surface area (Å²) in [6, 6.07) is 10.0. The third kappa shape index (κ3) is 5.16. The Hall–Kier alpha value is -2.49. The fourth-order valence-electron chi connectivity index (χ4n) is 3.10. The number of rotatable bonds is 5. The smallest absolute Gasteiger partial charge is 0.324 e. The van der Waals surface area contributed by atoms with Crippen LogP contribution in [0.3, 0.4) is 0 Å². The second-order valence-electron chi connectivity index (χ2n) is 6.92. The van der Waals surface area contributed by atoms with Gasteiger partial charge in [0, 0.05) is 34.9 Å². The lowest BCUT2D eigenvalue weighted by Crippen LogP contribution is -2.49. The van der Waals surface area contributed by atoms with Crippen LogP contribution in [0.4, 0.5) is 14.9 Å². The second-order valence-corrected chi connectivity index (χ2v) is 9.66. The standard InChI is InChI=1S/C20H21ClFN3O4S/c21-16-3-5-17(6-4-16)25(20(27)24-7-9-30(28,29)10-8-24)13-15-2-1-14(11-18(15)22)19(26)12-23/h1-6,11H,7-10,12-13,23H2. The quantitative estimate of drug-likeness (QED) is 0.701. The summed E-state index contributed by atoms with van der Waals surface area (Å²) >= 11 is 5.94. The van der Waals surface area contributed by atoms with E-state index in [4.69, 9.17) is 17.3 Å². The normalized spacial score (nSPS) is 15.6. The van der Waals surface area contributed by atoms with Crippen molar-refractivity contribution in [1.29, 1.82) is 0 Å². The van der Waals surface area contributed by atoms with Crippen LogP contribution in [0.2, 0.25) is 5.02 Å². The van der Waals surface area contributed by atoms with E-state index in [-0.39, 0.29) is 54.6 Å². The summed E-state index contributed by atoms with van der Waals surface area (Å²) in [5.41, 5.74) is 6.17. The van der Waals surface area contributed by atoms with E-state index in [9.17, 15) is 22.4 Å². The molecule has 10 heteroatoms. The third-order valence-electron chi connectivity index (χ3n) is 4.87. The van der Waals surface area contributed by atoms with Gasteiger partial charge in [-0.15, -0.1) is 0 Å². The van der Waals surface area contributed by atoms with Crippen LogP contribution in [0.5, 0.6) is 0 Å². The number of carbonyl (C=O) groups is 2. The summed E-state index contributed by atoms with van der Waals surface area (Å²) in [5, 5.41) is 0.478. The Morgan fingerprint density at radius 1 is 1.10 bits per heavy atom. The van der Waals surface area contributed by atoms with Crippen molar-refractivity contribution in [3.05, 3.63) is 64.4 Å². The van der Waals surface area contributed by atoms with Crippen molar-refractivity contribution in [2.75, 3.05) is 36.0 Å². The molecule has 0 saturated carbocycles. The number of Topliss-reactive ketones (excluding diaryl/α,β-unsaturated/α-hetero) is 1. The van der Waals surface area contributed by atoms with Crippen molar-refractivity contribution in [3.8, 4) is 0 Å². The molecule has 2 aromatic rings. The fourth-order valence-corrected chi connectivity index (χ4v) is 4.43. The number of urea groups is 1. The number of sulfone groups is 1. The van der Waals surface area contributed by atoms with Gasteiger partial charge < -0.3 is 10.6 Å². The molecule has 2 aromatic carbocycles. The van der Waals surface area contributed by atoms with Gasteiger partial charge in [-0.3, -0.25) is 9.69 Å². The van der Waals surface area contributed by atoms with Gasteiger partial charge in [0.15, 0.2) is 15.6 Å². The Kier molecular flexibility index (Phi) is 6.74. The molecule has 3 rings (SSSR count). The van der Waals surface area contributed by atoms with Crippen molar-refractivity contribution < 1.29 is 22.4 Å².